The highest BCUT2D eigenvalue weighted by atomic mass is 35.5. The summed E-state index contributed by atoms with van der Waals surface area (Å²) >= 11 is 0. The van der Waals surface area contributed by atoms with Crippen LogP contribution in [0.15, 0.2) is 30.5 Å². The Kier molecular flexibility index (Phi) is 5.51. The minimum Gasteiger partial charge on any atom is -0.347 e. The Morgan fingerprint density at radius 3 is 2.82 bits per heavy atom. The summed E-state index contributed by atoms with van der Waals surface area (Å²) in [5, 5.41) is 14.2. The molecule has 0 saturated carbocycles. The van der Waals surface area contributed by atoms with Crippen molar-refractivity contribution < 1.29 is 4.79 Å². The summed E-state index contributed by atoms with van der Waals surface area (Å²) in [5.74, 6) is -0.165. The Morgan fingerprint density at radius 1 is 1.36 bits per heavy atom. The van der Waals surface area contributed by atoms with E-state index in [-0.39, 0.29) is 24.4 Å². The van der Waals surface area contributed by atoms with E-state index in [0.717, 1.165) is 31.6 Å². The highest BCUT2D eigenvalue weighted by Gasteiger charge is 2.18. The van der Waals surface area contributed by atoms with Gasteiger partial charge in [0.05, 0.1) is 11.9 Å². The first-order valence-corrected chi connectivity index (χ1v) is 7.23. The molecule has 1 atom stereocenters. The molecule has 1 unspecified atom stereocenters. The zero-order valence-corrected chi connectivity index (χ0v) is 13.3. The van der Waals surface area contributed by atoms with Gasteiger partial charge >= 0.3 is 0 Å². The highest BCUT2D eigenvalue weighted by Crippen LogP contribution is 2.09. The van der Waals surface area contributed by atoms with Gasteiger partial charge in [0.25, 0.3) is 5.91 Å². The van der Waals surface area contributed by atoms with E-state index in [4.69, 9.17) is 0 Å². The number of hydrogen-bond donors (Lipinski definition) is 2. The van der Waals surface area contributed by atoms with Gasteiger partial charge in [0.15, 0.2) is 5.69 Å². The summed E-state index contributed by atoms with van der Waals surface area (Å²) in [5.41, 5.74) is 2.43. The molecule has 7 heteroatoms. The lowest BCUT2D eigenvalue weighted by Gasteiger charge is -2.23. The maximum absolute atomic E-state index is 12.2. The largest absolute Gasteiger partial charge is 0.347 e. The predicted octanol–water partition coefficient (Wildman–Crippen LogP) is 1.48. The zero-order valence-electron chi connectivity index (χ0n) is 12.5. The van der Waals surface area contributed by atoms with Crippen molar-refractivity contribution in [2.45, 2.75) is 25.8 Å². The number of nitrogens with one attached hydrogen (secondary N) is 2. The molecule has 22 heavy (non-hydrogen) atoms. The number of hydrogen-bond acceptors (Lipinski definition) is 4. The lowest BCUT2D eigenvalue weighted by Crippen LogP contribution is -2.45. The number of carbonyl (C=O) groups is 1. The Labute approximate surface area is 135 Å². The Balaban J connectivity index is 0.00000176. The molecule has 3 rings (SSSR count). The molecular formula is C15H20ClN5O. The molecule has 1 aliphatic heterocycles. The van der Waals surface area contributed by atoms with E-state index in [0.29, 0.717) is 5.69 Å². The fourth-order valence-electron chi connectivity index (χ4n) is 2.43. The summed E-state index contributed by atoms with van der Waals surface area (Å²) in [6, 6.07) is 8.10. The van der Waals surface area contributed by atoms with E-state index in [1.54, 1.807) is 10.9 Å². The quantitative estimate of drug-likeness (QED) is 0.898. The molecule has 2 heterocycles. The number of carbonyl (C=O) groups excluding carboxylic acids is 1. The van der Waals surface area contributed by atoms with Crippen molar-refractivity contribution >= 4 is 18.3 Å². The van der Waals surface area contributed by atoms with Crippen molar-refractivity contribution in [3.05, 3.63) is 41.7 Å². The number of amides is 1. The number of rotatable bonds is 3. The van der Waals surface area contributed by atoms with Crippen LogP contribution in [0.4, 0.5) is 0 Å². The fourth-order valence-corrected chi connectivity index (χ4v) is 2.43. The summed E-state index contributed by atoms with van der Waals surface area (Å²) < 4.78 is 1.62. The molecule has 1 aromatic carbocycles. The average molecular weight is 322 g/mol. The van der Waals surface area contributed by atoms with Crippen LogP contribution in [-0.2, 0) is 0 Å². The van der Waals surface area contributed by atoms with Crippen molar-refractivity contribution in [3.63, 3.8) is 0 Å². The summed E-state index contributed by atoms with van der Waals surface area (Å²) in [6.07, 6.45) is 3.75. The summed E-state index contributed by atoms with van der Waals surface area (Å²) in [4.78, 5) is 12.2. The third-order valence-corrected chi connectivity index (χ3v) is 3.66. The maximum Gasteiger partial charge on any atom is 0.273 e. The van der Waals surface area contributed by atoms with Gasteiger partial charge in [0.2, 0.25) is 0 Å². The van der Waals surface area contributed by atoms with Crippen LogP contribution in [-0.4, -0.2) is 40.0 Å². The number of aryl methyl sites for hydroxylation is 1. The minimum absolute atomic E-state index is 0. The van der Waals surface area contributed by atoms with Crippen LogP contribution in [0, 0.1) is 6.92 Å². The van der Waals surface area contributed by atoms with Crippen LogP contribution in [0.25, 0.3) is 5.69 Å². The van der Waals surface area contributed by atoms with Gasteiger partial charge in [-0.3, -0.25) is 4.79 Å². The molecule has 1 aliphatic rings. The van der Waals surface area contributed by atoms with E-state index >= 15 is 0 Å². The van der Waals surface area contributed by atoms with Crippen LogP contribution < -0.4 is 10.6 Å². The normalized spacial score (nSPS) is 17.6. The second-order valence-electron chi connectivity index (χ2n) is 5.40. The molecule has 1 saturated heterocycles. The average Bonchev–Trinajstić information content (AvgIpc) is 2.99. The van der Waals surface area contributed by atoms with Crippen molar-refractivity contribution in [2.24, 2.45) is 0 Å². The van der Waals surface area contributed by atoms with Crippen LogP contribution in [0.2, 0.25) is 0 Å². The first-order valence-electron chi connectivity index (χ1n) is 7.23. The first-order chi connectivity index (χ1) is 10.2. The number of nitrogens with zero attached hydrogens (tertiary/aromatic N) is 3. The van der Waals surface area contributed by atoms with Gasteiger partial charge in [-0.1, -0.05) is 22.9 Å². The third kappa shape index (κ3) is 3.84. The topological polar surface area (TPSA) is 71.8 Å². The standard InChI is InChI=1S/C15H19N5O.ClH/c1-11-4-6-13(7-5-11)20-10-14(18-19-20)15(21)17-12-3-2-8-16-9-12;/h4-7,10,12,16H,2-3,8-9H2,1H3,(H,17,21);1H. The number of piperidine rings is 1. The summed E-state index contributed by atoms with van der Waals surface area (Å²) in [6.45, 7) is 3.87. The number of aromatic nitrogens is 3. The molecule has 6 nitrogen and oxygen atoms in total. The molecule has 2 N–H and O–H groups in total. The van der Waals surface area contributed by atoms with E-state index in [2.05, 4.69) is 20.9 Å². The molecule has 0 aliphatic carbocycles. The van der Waals surface area contributed by atoms with Crippen molar-refractivity contribution in [2.75, 3.05) is 13.1 Å². The van der Waals surface area contributed by atoms with E-state index in [9.17, 15) is 4.79 Å². The number of benzene rings is 1. The molecule has 0 spiro atoms. The van der Waals surface area contributed by atoms with E-state index in [1.165, 1.54) is 5.56 Å². The molecule has 118 valence electrons. The third-order valence-electron chi connectivity index (χ3n) is 3.66. The zero-order chi connectivity index (χ0) is 14.7. The maximum atomic E-state index is 12.2. The Hall–Kier alpha value is -1.92. The van der Waals surface area contributed by atoms with Gasteiger partial charge < -0.3 is 10.6 Å². The smallest absolute Gasteiger partial charge is 0.273 e. The molecule has 1 fully saturated rings. The van der Waals surface area contributed by atoms with Crippen LogP contribution in [0.3, 0.4) is 0 Å². The monoisotopic (exact) mass is 321 g/mol. The minimum atomic E-state index is -0.165. The van der Waals surface area contributed by atoms with Crippen LogP contribution in [0.1, 0.15) is 28.9 Å². The molecule has 0 radical (unpaired) electrons. The molecule has 2 aromatic rings. The predicted molar refractivity (Wildman–Crippen MR) is 86.7 cm³/mol. The van der Waals surface area contributed by atoms with Crippen LogP contribution in [0.5, 0.6) is 0 Å². The number of halogens is 1. The van der Waals surface area contributed by atoms with E-state index in [1.807, 2.05) is 31.2 Å². The fraction of sp³-hybridized carbons (Fsp3) is 0.400. The van der Waals surface area contributed by atoms with Crippen molar-refractivity contribution in [3.8, 4) is 5.69 Å². The Bertz CT molecular complexity index is 619. The van der Waals surface area contributed by atoms with Gasteiger partial charge in [0.1, 0.15) is 0 Å². The first kappa shape index (κ1) is 16.5. The van der Waals surface area contributed by atoms with Gasteiger partial charge in [-0.2, -0.15) is 0 Å². The lowest BCUT2D eigenvalue weighted by atomic mass is 10.1. The van der Waals surface area contributed by atoms with Gasteiger partial charge in [0, 0.05) is 12.6 Å². The van der Waals surface area contributed by atoms with Gasteiger partial charge in [-0.25, -0.2) is 4.68 Å². The second-order valence-corrected chi connectivity index (χ2v) is 5.40. The van der Waals surface area contributed by atoms with Crippen LogP contribution >= 0.6 is 12.4 Å². The SMILES string of the molecule is Cc1ccc(-n2cc(C(=O)NC3CCCNC3)nn2)cc1.Cl. The van der Waals surface area contributed by atoms with E-state index < -0.39 is 0 Å². The Morgan fingerprint density at radius 2 is 2.14 bits per heavy atom. The molecular weight excluding hydrogens is 302 g/mol. The van der Waals surface area contributed by atoms with Gasteiger partial charge in [-0.05, 0) is 38.4 Å². The molecule has 1 aromatic heterocycles. The van der Waals surface area contributed by atoms with Gasteiger partial charge in [-0.15, -0.1) is 17.5 Å². The lowest BCUT2D eigenvalue weighted by molar-refractivity contribution is 0.0925. The second kappa shape index (κ2) is 7.38. The van der Waals surface area contributed by atoms with Crippen molar-refractivity contribution in [1.29, 1.82) is 0 Å². The van der Waals surface area contributed by atoms with Crippen molar-refractivity contribution in [1.82, 2.24) is 25.6 Å². The highest BCUT2D eigenvalue weighted by molar-refractivity contribution is 5.92. The molecule has 1 amide bonds. The summed E-state index contributed by atoms with van der Waals surface area (Å²) in [7, 11) is 0. The molecule has 0 bridgehead atoms.